The van der Waals surface area contributed by atoms with E-state index in [0.29, 0.717) is 6.54 Å². The fourth-order valence-electron chi connectivity index (χ4n) is 2.22. The first-order valence-electron chi connectivity index (χ1n) is 7.14. The van der Waals surface area contributed by atoms with Crippen molar-refractivity contribution in [3.63, 3.8) is 0 Å². The average Bonchev–Trinajstić information content (AvgIpc) is 2.99. The molecule has 0 amide bonds. The molecule has 132 valence electrons. The van der Waals surface area contributed by atoms with E-state index in [4.69, 9.17) is 0 Å². The first kappa shape index (κ1) is 20.3. The summed E-state index contributed by atoms with van der Waals surface area (Å²) < 4.78 is 52.4. The average molecular weight is 384 g/mol. The van der Waals surface area contributed by atoms with Gasteiger partial charge in [-0.15, -0.1) is 12.4 Å². The van der Waals surface area contributed by atoms with Gasteiger partial charge >= 0.3 is 0 Å². The Labute approximate surface area is 143 Å². The molecule has 1 heterocycles. The molecule has 1 fully saturated rings. The second kappa shape index (κ2) is 8.95. The minimum absolute atomic E-state index is 0. The first-order valence-corrected chi connectivity index (χ1v) is 10.3. The molecule has 10 heteroatoms. The summed E-state index contributed by atoms with van der Waals surface area (Å²) in [5.74, 6) is -0.286. The maximum Gasteiger partial charge on any atom is 0.240 e. The molecule has 2 rings (SSSR count). The van der Waals surface area contributed by atoms with Gasteiger partial charge in [-0.2, -0.15) is 0 Å². The van der Waals surface area contributed by atoms with Crippen LogP contribution in [-0.2, 0) is 20.0 Å². The number of sulfonamides is 2. The summed E-state index contributed by atoms with van der Waals surface area (Å²) in [6.07, 6.45) is 1.99. The molecule has 1 aromatic rings. The Balaban J connectivity index is 0.00000264. The van der Waals surface area contributed by atoms with Crippen LogP contribution in [0.1, 0.15) is 12.8 Å². The molecule has 1 aromatic carbocycles. The highest BCUT2D eigenvalue weighted by molar-refractivity contribution is 7.90. The number of nitrogens with one attached hydrogen (secondary N) is 3. The molecule has 0 bridgehead atoms. The van der Waals surface area contributed by atoms with Crippen molar-refractivity contribution in [1.29, 1.82) is 0 Å². The van der Waals surface area contributed by atoms with Gasteiger partial charge in [-0.1, -0.05) is 18.2 Å². The zero-order valence-corrected chi connectivity index (χ0v) is 15.0. The van der Waals surface area contributed by atoms with Gasteiger partial charge in [0, 0.05) is 19.1 Å². The zero-order chi connectivity index (χ0) is 16.1. The van der Waals surface area contributed by atoms with Crippen molar-refractivity contribution >= 4 is 32.5 Å². The lowest BCUT2D eigenvalue weighted by molar-refractivity contribution is 0.550. The molecule has 0 aliphatic carbocycles. The molecular weight excluding hydrogens is 362 g/mol. The molecular formula is C13H22ClN3O4S2. The van der Waals surface area contributed by atoms with Gasteiger partial charge in [0.15, 0.2) is 0 Å². The van der Waals surface area contributed by atoms with E-state index in [1.165, 1.54) is 12.1 Å². The summed E-state index contributed by atoms with van der Waals surface area (Å²) in [7, 11) is -7.16. The van der Waals surface area contributed by atoms with Gasteiger partial charge in [0.25, 0.3) is 0 Å². The molecule has 1 saturated heterocycles. The summed E-state index contributed by atoms with van der Waals surface area (Å²) in [6.45, 7) is 1.09. The van der Waals surface area contributed by atoms with Crippen LogP contribution in [0.15, 0.2) is 35.2 Å². The first-order chi connectivity index (χ1) is 10.4. The highest BCUT2D eigenvalue weighted by atomic mass is 35.5. The Bertz CT molecular complexity index is 674. The third-order valence-corrected chi connectivity index (χ3v) is 6.25. The lowest BCUT2D eigenvalue weighted by Crippen LogP contribution is -2.40. The van der Waals surface area contributed by atoms with Crippen molar-refractivity contribution in [3.8, 4) is 0 Å². The Morgan fingerprint density at radius 1 is 1.09 bits per heavy atom. The lowest BCUT2D eigenvalue weighted by atomic mass is 10.2. The Hall–Kier alpha value is -0.710. The highest BCUT2D eigenvalue weighted by Crippen LogP contribution is 2.07. The maximum absolute atomic E-state index is 11.9. The van der Waals surface area contributed by atoms with Gasteiger partial charge in [-0.05, 0) is 31.5 Å². The van der Waals surface area contributed by atoms with E-state index >= 15 is 0 Å². The zero-order valence-electron chi connectivity index (χ0n) is 12.6. The van der Waals surface area contributed by atoms with Crippen molar-refractivity contribution in [1.82, 2.24) is 14.8 Å². The minimum atomic E-state index is -3.67. The predicted octanol–water partition coefficient (Wildman–Crippen LogP) is 0.0581. The van der Waals surface area contributed by atoms with Crippen LogP contribution >= 0.6 is 12.4 Å². The molecule has 1 unspecified atom stereocenters. The van der Waals surface area contributed by atoms with Crippen molar-refractivity contribution in [2.24, 2.45) is 0 Å². The number of hydrogen-bond acceptors (Lipinski definition) is 5. The molecule has 0 saturated carbocycles. The van der Waals surface area contributed by atoms with E-state index in [0.717, 1.165) is 19.4 Å². The Morgan fingerprint density at radius 3 is 2.39 bits per heavy atom. The molecule has 3 N–H and O–H groups in total. The molecule has 1 aliphatic rings. The topological polar surface area (TPSA) is 104 Å². The minimum Gasteiger partial charge on any atom is -0.313 e. The summed E-state index contributed by atoms with van der Waals surface area (Å²) in [5, 5.41) is 3.19. The number of halogens is 1. The maximum atomic E-state index is 11.9. The monoisotopic (exact) mass is 383 g/mol. The van der Waals surface area contributed by atoms with Crippen LogP contribution in [0.3, 0.4) is 0 Å². The van der Waals surface area contributed by atoms with E-state index in [1.807, 2.05) is 0 Å². The van der Waals surface area contributed by atoms with Crippen LogP contribution in [0.2, 0.25) is 0 Å². The smallest absolute Gasteiger partial charge is 0.240 e. The molecule has 1 atom stereocenters. The van der Waals surface area contributed by atoms with Gasteiger partial charge in [0.2, 0.25) is 20.0 Å². The largest absolute Gasteiger partial charge is 0.313 e. The number of hydrogen-bond donors (Lipinski definition) is 3. The van der Waals surface area contributed by atoms with E-state index in [-0.39, 0.29) is 35.6 Å². The molecule has 0 radical (unpaired) electrons. The van der Waals surface area contributed by atoms with E-state index < -0.39 is 20.0 Å². The fourth-order valence-corrected chi connectivity index (χ4v) is 4.38. The standard InChI is InChI=1S/C13H21N3O4S2.ClH/c17-21(18,16-11-12-5-4-8-14-12)10-9-15-22(19,20)13-6-2-1-3-7-13;/h1-3,6-7,12,14-16H,4-5,8-11H2;1H. The van der Waals surface area contributed by atoms with Gasteiger partial charge in [0.05, 0.1) is 10.6 Å². The predicted molar refractivity (Wildman–Crippen MR) is 91.7 cm³/mol. The Morgan fingerprint density at radius 2 is 1.78 bits per heavy atom. The lowest BCUT2D eigenvalue weighted by Gasteiger charge is -2.12. The second-order valence-electron chi connectivity index (χ2n) is 5.17. The van der Waals surface area contributed by atoms with Crippen molar-refractivity contribution in [3.05, 3.63) is 30.3 Å². The third-order valence-electron chi connectivity index (χ3n) is 3.43. The van der Waals surface area contributed by atoms with Crippen molar-refractivity contribution in [2.45, 2.75) is 23.8 Å². The molecule has 23 heavy (non-hydrogen) atoms. The van der Waals surface area contributed by atoms with Crippen LogP contribution < -0.4 is 14.8 Å². The summed E-state index contributed by atoms with van der Waals surface area (Å²) in [6, 6.07) is 8.02. The second-order valence-corrected chi connectivity index (χ2v) is 8.86. The fraction of sp³-hybridized carbons (Fsp3) is 0.538. The van der Waals surface area contributed by atoms with Crippen molar-refractivity contribution < 1.29 is 16.8 Å². The molecule has 1 aliphatic heterocycles. The molecule has 7 nitrogen and oxygen atoms in total. The normalized spacial score (nSPS) is 18.5. The number of rotatable bonds is 8. The van der Waals surface area contributed by atoms with Gasteiger partial charge < -0.3 is 5.32 Å². The van der Waals surface area contributed by atoms with Crippen LogP contribution in [-0.4, -0.2) is 48.3 Å². The molecule has 0 aromatic heterocycles. The van der Waals surface area contributed by atoms with E-state index in [9.17, 15) is 16.8 Å². The summed E-state index contributed by atoms with van der Waals surface area (Å²) in [4.78, 5) is 0.121. The SMILES string of the molecule is Cl.O=S(=O)(CCNS(=O)(=O)c1ccccc1)NCC1CCCN1. The van der Waals surface area contributed by atoms with Crippen LogP contribution in [0.5, 0.6) is 0 Å². The van der Waals surface area contributed by atoms with E-state index in [1.54, 1.807) is 18.2 Å². The van der Waals surface area contributed by atoms with Crippen LogP contribution in [0.4, 0.5) is 0 Å². The highest BCUT2D eigenvalue weighted by Gasteiger charge is 2.19. The summed E-state index contributed by atoms with van der Waals surface area (Å²) in [5.41, 5.74) is 0. The third kappa shape index (κ3) is 6.74. The van der Waals surface area contributed by atoms with Crippen LogP contribution in [0, 0.1) is 0 Å². The van der Waals surface area contributed by atoms with Gasteiger partial charge in [-0.3, -0.25) is 0 Å². The van der Waals surface area contributed by atoms with Crippen molar-refractivity contribution in [2.75, 3.05) is 25.4 Å². The number of benzene rings is 1. The van der Waals surface area contributed by atoms with E-state index in [2.05, 4.69) is 14.8 Å². The van der Waals surface area contributed by atoms with Gasteiger partial charge in [-0.25, -0.2) is 26.3 Å². The quantitative estimate of drug-likeness (QED) is 0.588. The Kier molecular flexibility index (Phi) is 7.91. The van der Waals surface area contributed by atoms with Crippen LogP contribution in [0.25, 0.3) is 0 Å². The molecule has 0 spiro atoms. The summed E-state index contributed by atoms with van der Waals surface area (Å²) >= 11 is 0. The van der Waals surface area contributed by atoms with Gasteiger partial charge in [0.1, 0.15) is 0 Å².